The summed E-state index contributed by atoms with van der Waals surface area (Å²) in [6, 6.07) is 5.72. The van der Waals surface area contributed by atoms with Gasteiger partial charge in [-0.05, 0) is 43.5 Å². The number of piperidine rings is 1. The summed E-state index contributed by atoms with van der Waals surface area (Å²) in [4.78, 5) is 37.2. The minimum absolute atomic E-state index is 0.283. The van der Waals surface area contributed by atoms with Gasteiger partial charge in [-0.1, -0.05) is 0 Å². The van der Waals surface area contributed by atoms with E-state index in [4.69, 9.17) is 14.9 Å². The van der Waals surface area contributed by atoms with E-state index in [0.717, 1.165) is 12.8 Å². The standard InChI is InChI=1S/C17H18N4O5/c18-15(23)13-3-1-2-8-21(13)14(22)9-25-17(24)12-6-4-11(5-7-12)16-20-19-10-26-16/h4-7,10,13H,1-3,8-9H2,(H2,18,23)/t13-/m0/s1. The molecule has 1 aromatic heterocycles. The van der Waals surface area contributed by atoms with Gasteiger partial charge in [0.1, 0.15) is 6.04 Å². The first-order valence-corrected chi connectivity index (χ1v) is 8.19. The predicted octanol–water partition coefficient (Wildman–Crippen LogP) is 0.760. The van der Waals surface area contributed by atoms with Gasteiger partial charge in [0.25, 0.3) is 5.91 Å². The number of primary amides is 1. The summed E-state index contributed by atoms with van der Waals surface area (Å²) in [5, 5.41) is 7.36. The van der Waals surface area contributed by atoms with Gasteiger partial charge in [-0.3, -0.25) is 9.59 Å². The second-order valence-electron chi connectivity index (χ2n) is 5.90. The number of benzene rings is 1. The van der Waals surface area contributed by atoms with Gasteiger partial charge in [0, 0.05) is 12.1 Å². The fourth-order valence-corrected chi connectivity index (χ4v) is 2.87. The highest BCUT2D eigenvalue weighted by Gasteiger charge is 2.31. The summed E-state index contributed by atoms with van der Waals surface area (Å²) in [5.74, 6) is -1.27. The van der Waals surface area contributed by atoms with Crippen LogP contribution in [0.15, 0.2) is 35.1 Å². The highest BCUT2D eigenvalue weighted by atomic mass is 16.5. The van der Waals surface area contributed by atoms with Gasteiger partial charge in [0.2, 0.25) is 18.2 Å². The molecule has 1 aliphatic rings. The summed E-state index contributed by atoms with van der Waals surface area (Å²) >= 11 is 0. The lowest BCUT2D eigenvalue weighted by Gasteiger charge is -2.33. The number of carbonyl (C=O) groups excluding carboxylic acids is 3. The lowest BCUT2D eigenvalue weighted by Crippen LogP contribution is -2.51. The van der Waals surface area contributed by atoms with Crippen LogP contribution in [0.25, 0.3) is 11.5 Å². The lowest BCUT2D eigenvalue weighted by molar-refractivity contribution is -0.143. The van der Waals surface area contributed by atoms with Gasteiger partial charge in [-0.25, -0.2) is 4.79 Å². The van der Waals surface area contributed by atoms with E-state index in [0.29, 0.717) is 24.4 Å². The number of nitrogens with two attached hydrogens (primary N) is 1. The highest BCUT2D eigenvalue weighted by Crippen LogP contribution is 2.18. The first-order valence-electron chi connectivity index (χ1n) is 8.19. The summed E-state index contributed by atoms with van der Waals surface area (Å²) in [7, 11) is 0. The zero-order valence-corrected chi connectivity index (χ0v) is 14.0. The van der Waals surface area contributed by atoms with Crippen LogP contribution in [0.2, 0.25) is 0 Å². The Kier molecular flexibility index (Phi) is 5.26. The molecule has 0 radical (unpaired) electrons. The summed E-state index contributed by atoms with van der Waals surface area (Å²) < 4.78 is 10.1. The van der Waals surface area contributed by atoms with Crippen LogP contribution < -0.4 is 5.73 Å². The molecule has 0 aliphatic carbocycles. The maximum Gasteiger partial charge on any atom is 0.338 e. The molecule has 2 aromatic rings. The maximum absolute atomic E-state index is 12.3. The third kappa shape index (κ3) is 3.88. The van der Waals surface area contributed by atoms with Gasteiger partial charge in [-0.15, -0.1) is 10.2 Å². The van der Waals surface area contributed by atoms with Gasteiger partial charge in [-0.2, -0.15) is 0 Å². The van der Waals surface area contributed by atoms with E-state index in [2.05, 4.69) is 10.2 Å². The SMILES string of the molecule is NC(=O)[C@@H]1CCCCN1C(=O)COC(=O)c1ccc(-c2nnco2)cc1. The molecular formula is C17H18N4O5. The molecule has 0 spiro atoms. The normalized spacial score (nSPS) is 16.9. The predicted molar refractivity (Wildman–Crippen MR) is 88.6 cm³/mol. The molecule has 9 heteroatoms. The van der Waals surface area contributed by atoms with E-state index in [9.17, 15) is 14.4 Å². The first kappa shape index (κ1) is 17.6. The molecule has 0 saturated carbocycles. The average molecular weight is 358 g/mol. The van der Waals surface area contributed by atoms with Crippen molar-refractivity contribution in [2.24, 2.45) is 5.73 Å². The molecule has 136 valence electrons. The van der Waals surface area contributed by atoms with Crippen LogP contribution in [0.4, 0.5) is 0 Å². The Morgan fingerprint density at radius 1 is 1.23 bits per heavy atom. The van der Waals surface area contributed by atoms with Crippen LogP contribution in [0.1, 0.15) is 29.6 Å². The third-order valence-corrected chi connectivity index (χ3v) is 4.21. The van der Waals surface area contributed by atoms with Crippen molar-refractivity contribution in [2.75, 3.05) is 13.2 Å². The van der Waals surface area contributed by atoms with Gasteiger partial charge in [0.05, 0.1) is 5.56 Å². The smallest absolute Gasteiger partial charge is 0.338 e. The number of hydrogen-bond donors (Lipinski definition) is 1. The monoisotopic (exact) mass is 358 g/mol. The molecule has 1 aromatic carbocycles. The number of likely N-dealkylation sites (tertiary alicyclic amines) is 1. The lowest BCUT2D eigenvalue weighted by atomic mass is 10.0. The molecule has 1 fully saturated rings. The quantitative estimate of drug-likeness (QED) is 0.781. The Hall–Kier alpha value is -3.23. The van der Waals surface area contributed by atoms with Crippen molar-refractivity contribution in [3.05, 3.63) is 36.2 Å². The van der Waals surface area contributed by atoms with Gasteiger partial charge < -0.3 is 19.8 Å². The first-order chi connectivity index (χ1) is 12.6. The second-order valence-corrected chi connectivity index (χ2v) is 5.90. The van der Waals surface area contributed by atoms with Gasteiger partial charge in [0.15, 0.2) is 6.61 Å². The number of nitrogens with zero attached hydrogens (tertiary/aromatic N) is 3. The van der Waals surface area contributed by atoms with Crippen LogP contribution in [0, 0.1) is 0 Å². The third-order valence-electron chi connectivity index (χ3n) is 4.21. The van der Waals surface area contributed by atoms with Crippen LogP contribution >= 0.6 is 0 Å². The molecule has 1 aliphatic heterocycles. The van der Waals surface area contributed by atoms with E-state index in [1.807, 2.05) is 0 Å². The van der Waals surface area contributed by atoms with Crippen LogP contribution in [0.5, 0.6) is 0 Å². The van der Waals surface area contributed by atoms with E-state index in [1.54, 1.807) is 24.3 Å². The fraction of sp³-hybridized carbons (Fsp3) is 0.353. The number of esters is 1. The summed E-state index contributed by atoms with van der Waals surface area (Å²) in [6.45, 7) is -0.00308. The van der Waals surface area contributed by atoms with Crippen molar-refractivity contribution in [1.82, 2.24) is 15.1 Å². The number of hydrogen-bond acceptors (Lipinski definition) is 7. The van der Waals surface area contributed by atoms with E-state index in [1.165, 1.54) is 11.3 Å². The average Bonchev–Trinajstić information content (AvgIpc) is 3.20. The van der Waals surface area contributed by atoms with Crippen molar-refractivity contribution in [1.29, 1.82) is 0 Å². The summed E-state index contributed by atoms with van der Waals surface area (Å²) in [5.41, 5.74) is 6.28. The van der Waals surface area contributed by atoms with Crippen LogP contribution in [-0.4, -0.2) is 52.1 Å². The Bertz CT molecular complexity index is 788. The number of carbonyl (C=O) groups is 3. The van der Waals surface area contributed by atoms with Crippen molar-refractivity contribution < 1.29 is 23.5 Å². The molecule has 9 nitrogen and oxygen atoms in total. The molecule has 2 amide bonds. The zero-order chi connectivity index (χ0) is 18.5. The fourth-order valence-electron chi connectivity index (χ4n) is 2.87. The molecule has 2 N–H and O–H groups in total. The summed E-state index contributed by atoms with van der Waals surface area (Å²) in [6.07, 6.45) is 3.37. The maximum atomic E-state index is 12.3. The molecule has 26 heavy (non-hydrogen) atoms. The molecule has 1 saturated heterocycles. The highest BCUT2D eigenvalue weighted by molar-refractivity contribution is 5.92. The largest absolute Gasteiger partial charge is 0.452 e. The number of aromatic nitrogens is 2. The molecule has 3 rings (SSSR count). The van der Waals surface area contributed by atoms with Crippen molar-refractivity contribution in [3.8, 4) is 11.5 Å². The Balaban J connectivity index is 1.58. The van der Waals surface area contributed by atoms with Crippen molar-refractivity contribution >= 4 is 17.8 Å². The van der Waals surface area contributed by atoms with Gasteiger partial charge >= 0.3 is 5.97 Å². The van der Waals surface area contributed by atoms with E-state index < -0.39 is 30.4 Å². The van der Waals surface area contributed by atoms with E-state index in [-0.39, 0.29) is 5.56 Å². The Morgan fingerprint density at radius 2 is 2.00 bits per heavy atom. The second kappa shape index (κ2) is 7.77. The van der Waals surface area contributed by atoms with Crippen molar-refractivity contribution in [2.45, 2.75) is 25.3 Å². The minimum Gasteiger partial charge on any atom is -0.452 e. The molecule has 1 atom stereocenters. The molecule has 2 heterocycles. The van der Waals surface area contributed by atoms with Crippen molar-refractivity contribution in [3.63, 3.8) is 0 Å². The van der Waals surface area contributed by atoms with E-state index >= 15 is 0 Å². The minimum atomic E-state index is -0.636. The molecular weight excluding hydrogens is 340 g/mol. The zero-order valence-electron chi connectivity index (χ0n) is 14.0. The number of ether oxygens (including phenoxy) is 1. The van der Waals surface area contributed by atoms with Crippen LogP contribution in [0.3, 0.4) is 0 Å². The molecule has 0 bridgehead atoms. The topological polar surface area (TPSA) is 129 Å². The number of rotatable bonds is 5. The van der Waals surface area contributed by atoms with Crippen LogP contribution in [-0.2, 0) is 14.3 Å². The Labute approximate surface area is 149 Å². The Morgan fingerprint density at radius 3 is 2.65 bits per heavy atom. The molecule has 0 unspecified atom stereocenters. The number of amides is 2.